The Bertz CT molecular complexity index is 641. The highest BCUT2D eigenvalue weighted by atomic mass is 32.1. The normalized spacial score (nSPS) is 10.5. The van der Waals surface area contributed by atoms with Gasteiger partial charge in [-0.25, -0.2) is 0 Å². The molecule has 0 aliphatic rings. The molecule has 0 amide bonds. The Labute approximate surface area is 120 Å². The van der Waals surface area contributed by atoms with Gasteiger partial charge >= 0.3 is 0 Å². The first-order valence-corrected chi connectivity index (χ1v) is 7.71. The fraction of sp³-hybridized carbons (Fsp3) is 0.0667. The molecular weight excluding hydrogens is 274 g/mol. The summed E-state index contributed by atoms with van der Waals surface area (Å²) in [5.41, 5.74) is 2.31. The Morgan fingerprint density at radius 1 is 1.05 bits per heavy atom. The summed E-state index contributed by atoms with van der Waals surface area (Å²) in [6.07, 6.45) is 0. The van der Waals surface area contributed by atoms with Gasteiger partial charge in [-0.1, -0.05) is 6.07 Å². The fourth-order valence-corrected chi connectivity index (χ4v) is 3.43. The van der Waals surface area contributed by atoms with E-state index in [1.807, 2.05) is 12.1 Å². The molecule has 2 aromatic heterocycles. The third-order valence-electron chi connectivity index (χ3n) is 2.79. The number of anilines is 1. The van der Waals surface area contributed by atoms with Crippen LogP contribution >= 0.6 is 22.7 Å². The predicted octanol–water partition coefficient (Wildman–Crippen LogP) is 4.79. The van der Waals surface area contributed by atoms with E-state index in [4.69, 9.17) is 0 Å². The van der Waals surface area contributed by atoms with Gasteiger partial charge in [0.1, 0.15) is 5.75 Å². The van der Waals surface area contributed by atoms with Gasteiger partial charge in [-0.3, -0.25) is 0 Å². The maximum Gasteiger partial charge on any atom is 0.115 e. The van der Waals surface area contributed by atoms with Crippen molar-refractivity contribution in [1.29, 1.82) is 0 Å². The van der Waals surface area contributed by atoms with Crippen molar-refractivity contribution < 1.29 is 5.11 Å². The average Bonchev–Trinajstić information content (AvgIpc) is 3.09. The fourth-order valence-electron chi connectivity index (χ4n) is 1.81. The molecule has 96 valence electrons. The molecular formula is C15H13NOS2. The van der Waals surface area contributed by atoms with Gasteiger partial charge in [0.2, 0.25) is 0 Å². The van der Waals surface area contributed by atoms with Crippen LogP contribution in [-0.4, -0.2) is 5.11 Å². The number of phenols is 1. The highest BCUT2D eigenvalue weighted by Crippen LogP contribution is 2.29. The Balaban J connectivity index is 1.66. The zero-order valence-corrected chi connectivity index (χ0v) is 11.8. The smallest absolute Gasteiger partial charge is 0.115 e. The standard InChI is InChI=1S/C15H13NOS2/c17-13-5-3-12(4-6-13)16-9-14-8-11(10-19-14)15-2-1-7-18-15/h1-8,10,16-17H,9H2. The Hall–Kier alpha value is -1.78. The van der Waals surface area contributed by atoms with Crippen molar-refractivity contribution in [3.8, 4) is 16.2 Å². The number of hydrogen-bond donors (Lipinski definition) is 2. The van der Waals surface area contributed by atoms with Gasteiger partial charge in [0.05, 0.1) is 0 Å². The van der Waals surface area contributed by atoms with Gasteiger partial charge in [-0.15, -0.1) is 22.7 Å². The molecule has 0 spiro atoms. The minimum Gasteiger partial charge on any atom is -0.508 e. The minimum absolute atomic E-state index is 0.293. The molecule has 2 nitrogen and oxygen atoms in total. The molecule has 0 unspecified atom stereocenters. The van der Waals surface area contributed by atoms with Crippen LogP contribution in [0, 0.1) is 0 Å². The molecule has 0 aliphatic heterocycles. The maximum absolute atomic E-state index is 9.23. The molecule has 19 heavy (non-hydrogen) atoms. The summed E-state index contributed by atoms with van der Waals surface area (Å²) >= 11 is 3.53. The van der Waals surface area contributed by atoms with E-state index < -0.39 is 0 Å². The average molecular weight is 287 g/mol. The molecule has 0 atom stereocenters. The van der Waals surface area contributed by atoms with Crippen LogP contribution in [0.5, 0.6) is 5.75 Å². The molecule has 2 heterocycles. The summed E-state index contributed by atoms with van der Waals surface area (Å²) < 4.78 is 0. The van der Waals surface area contributed by atoms with Crippen LogP contribution in [-0.2, 0) is 6.54 Å². The largest absolute Gasteiger partial charge is 0.508 e. The topological polar surface area (TPSA) is 32.3 Å². The summed E-state index contributed by atoms with van der Waals surface area (Å²) in [6.45, 7) is 0.806. The van der Waals surface area contributed by atoms with Gasteiger partial charge in [0.25, 0.3) is 0 Å². The summed E-state index contributed by atoms with van der Waals surface area (Å²) in [6, 6.07) is 13.6. The van der Waals surface area contributed by atoms with E-state index in [1.54, 1.807) is 34.8 Å². The number of thiophene rings is 2. The van der Waals surface area contributed by atoms with E-state index >= 15 is 0 Å². The molecule has 3 aromatic rings. The van der Waals surface area contributed by atoms with Gasteiger partial charge < -0.3 is 10.4 Å². The van der Waals surface area contributed by atoms with Gasteiger partial charge in [0, 0.05) is 27.5 Å². The summed E-state index contributed by atoms with van der Waals surface area (Å²) in [5, 5.41) is 16.9. The number of hydrogen-bond acceptors (Lipinski definition) is 4. The Kier molecular flexibility index (Phi) is 3.53. The van der Waals surface area contributed by atoms with E-state index in [-0.39, 0.29) is 0 Å². The van der Waals surface area contributed by atoms with Crippen LogP contribution in [0.2, 0.25) is 0 Å². The van der Waals surface area contributed by atoms with Crippen molar-refractivity contribution >= 4 is 28.4 Å². The first-order valence-electron chi connectivity index (χ1n) is 5.95. The van der Waals surface area contributed by atoms with E-state index in [9.17, 15) is 5.11 Å². The lowest BCUT2D eigenvalue weighted by Crippen LogP contribution is -1.96. The predicted molar refractivity (Wildman–Crippen MR) is 83.1 cm³/mol. The van der Waals surface area contributed by atoms with Crippen LogP contribution in [0.1, 0.15) is 4.88 Å². The lowest BCUT2D eigenvalue weighted by molar-refractivity contribution is 0.475. The Morgan fingerprint density at radius 2 is 1.89 bits per heavy atom. The molecule has 4 heteroatoms. The van der Waals surface area contributed by atoms with Crippen LogP contribution in [0.4, 0.5) is 5.69 Å². The van der Waals surface area contributed by atoms with E-state index in [2.05, 4.69) is 34.3 Å². The molecule has 0 aliphatic carbocycles. The van der Waals surface area contributed by atoms with Crippen molar-refractivity contribution in [1.82, 2.24) is 0 Å². The van der Waals surface area contributed by atoms with Gasteiger partial charge in [0.15, 0.2) is 0 Å². The van der Waals surface area contributed by atoms with Crippen LogP contribution in [0.15, 0.2) is 53.2 Å². The second-order valence-corrected chi connectivity index (χ2v) is 6.12. The lowest BCUT2D eigenvalue weighted by Gasteiger charge is -2.04. The first-order chi connectivity index (χ1) is 9.31. The summed E-state index contributed by atoms with van der Waals surface area (Å²) in [4.78, 5) is 2.61. The quantitative estimate of drug-likeness (QED) is 0.676. The molecule has 1 aromatic carbocycles. The van der Waals surface area contributed by atoms with Crippen LogP contribution in [0.25, 0.3) is 10.4 Å². The lowest BCUT2D eigenvalue weighted by atomic mass is 10.2. The monoisotopic (exact) mass is 287 g/mol. The summed E-state index contributed by atoms with van der Waals surface area (Å²) in [7, 11) is 0. The van der Waals surface area contributed by atoms with Gasteiger partial charge in [-0.2, -0.15) is 0 Å². The molecule has 2 N–H and O–H groups in total. The molecule has 3 rings (SSSR count). The van der Waals surface area contributed by atoms with Crippen molar-refractivity contribution in [3.05, 3.63) is 58.1 Å². The van der Waals surface area contributed by atoms with Crippen LogP contribution < -0.4 is 5.32 Å². The molecule has 0 fully saturated rings. The highest BCUT2D eigenvalue weighted by Gasteiger charge is 2.03. The number of aromatic hydroxyl groups is 1. The molecule has 0 saturated heterocycles. The molecule has 0 bridgehead atoms. The number of phenolic OH excluding ortho intramolecular Hbond substituents is 1. The van der Waals surface area contributed by atoms with E-state index in [0.29, 0.717) is 5.75 Å². The van der Waals surface area contributed by atoms with E-state index in [1.165, 1.54) is 15.3 Å². The maximum atomic E-state index is 9.23. The first kappa shape index (κ1) is 12.3. The SMILES string of the molecule is Oc1ccc(NCc2cc(-c3cccs3)cs2)cc1. The zero-order chi connectivity index (χ0) is 13.1. The zero-order valence-electron chi connectivity index (χ0n) is 10.2. The van der Waals surface area contributed by atoms with Crippen molar-refractivity contribution in [3.63, 3.8) is 0 Å². The van der Waals surface area contributed by atoms with Crippen LogP contribution in [0.3, 0.4) is 0 Å². The Morgan fingerprint density at radius 3 is 2.63 bits per heavy atom. The number of benzene rings is 1. The third kappa shape index (κ3) is 2.97. The second kappa shape index (κ2) is 5.47. The number of nitrogens with one attached hydrogen (secondary N) is 1. The van der Waals surface area contributed by atoms with Crippen molar-refractivity contribution in [2.45, 2.75) is 6.54 Å². The molecule has 0 saturated carbocycles. The number of rotatable bonds is 4. The molecule has 0 radical (unpaired) electrons. The minimum atomic E-state index is 0.293. The van der Waals surface area contributed by atoms with Gasteiger partial charge in [-0.05, 0) is 47.2 Å². The highest BCUT2D eigenvalue weighted by molar-refractivity contribution is 7.14. The van der Waals surface area contributed by atoms with E-state index in [0.717, 1.165) is 12.2 Å². The second-order valence-electron chi connectivity index (χ2n) is 4.18. The summed E-state index contributed by atoms with van der Waals surface area (Å²) in [5.74, 6) is 0.293. The van der Waals surface area contributed by atoms with Crippen molar-refractivity contribution in [2.75, 3.05) is 5.32 Å². The third-order valence-corrected chi connectivity index (χ3v) is 4.65. The van der Waals surface area contributed by atoms with Crippen molar-refractivity contribution in [2.24, 2.45) is 0 Å².